The van der Waals surface area contributed by atoms with E-state index in [1.165, 1.54) is 31.2 Å². The van der Waals surface area contributed by atoms with E-state index < -0.39 is 0 Å². The number of hydrogen-bond acceptors (Lipinski definition) is 2. The van der Waals surface area contributed by atoms with Crippen molar-refractivity contribution in [3.05, 3.63) is 18.0 Å². The van der Waals surface area contributed by atoms with E-state index in [4.69, 9.17) is 5.73 Å². The highest BCUT2D eigenvalue weighted by molar-refractivity contribution is 5.05. The summed E-state index contributed by atoms with van der Waals surface area (Å²) in [5.74, 6) is 1.47. The fraction of sp³-hybridized carbons (Fsp3) is 0.812. The van der Waals surface area contributed by atoms with Crippen LogP contribution in [0, 0.1) is 17.3 Å². The molecule has 3 heteroatoms. The first kappa shape index (κ1) is 14.6. The number of aryl methyl sites for hydroxylation is 2. The second kappa shape index (κ2) is 5.66. The van der Waals surface area contributed by atoms with Crippen LogP contribution in [0.3, 0.4) is 0 Å². The van der Waals surface area contributed by atoms with Crippen LogP contribution in [0.15, 0.2) is 12.4 Å². The minimum absolute atomic E-state index is 0.329. The average Bonchev–Trinajstić information content (AvgIpc) is 2.72. The lowest BCUT2D eigenvalue weighted by molar-refractivity contribution is 0.105. The van der Waals surface area contributed by atoms with Crippen molar-refractivity contribution >= 4 is 0 Å². The molecule has 0 radical (unpaired) electrons. The zero-order valence-electron chi connectivity index (χ0n) is 12.9. The second-order valence-corrected chi connectivity index (χ2v) is 7.20. The van der Waals surface area contributed by atoms with Gasteiger partial charge in [0.2, 0.25) is 0 Å². The predicted octanol–water partition coefficient (Wildman–Crippen LogP) is 3.14. The monoisotopic (exact) mass is 263 g/mol. The first-order valence-corrected chi connectivity index (χ1v) is 7.61. The van der Waals surface area contributed by atoms with Crippen molar-refractivity contribution in [2.75, 3.05) is 0 Å². The maximum Gasteiger partial charge on any atom is 0.0521 e. The SMILES string of the molecule is CC1CCC(C(C)(C)CCc2cnn(C)c2)C(N)C1. The third-order valence-electron chi connectivity index (χ3n) is 4.98. The Morgan fingerprint density at radius 2 is 2.16 bits per heavy atom. The van der Waals surface area contributed by atoms with E-state index in [-0.39, 0.29) is 0 Å². The third-order valence-corrected chi connectivity index (χ3v) is 4.98. The first-order chi connectivity index (χ1) is 8.88. The number of rotatable bonds is 4. The minimum Gasteiger partial charge on any atom is -0.327 e. The molecule has 108 valence electrons. The van der Waals surface area contributed by atoms with Crippen LogP contribution in [0.5, 0.6) is 0 Å². The van der Waals surface area contributed by atoms with Crippen molar-refractivity contribution in [3.8, 4) is 0 Å². The van der Waals surface area contributed by atoms with E-state index in [0.717, 1.165) is 12.3 Å². The molecule has 0 spiro atoms. The van der Waals surface area contributed by atoms with Crippen LogP contribution in [-0.4, -0.2) is 15.8 Å². The van der Waals surface area contributed by atoms with Gasteiger partial charge >= 0.3 is 0 Å². The lowest BCUT2D eigenvalue weighted by Crippen LogP contribution is -2.43. The van der Waals surface area contributed by atoms with Crippen LogP contribution in [0.1, 0.15) is 52.0 Å². The first-order valence-electron chi connectivity index (χ1n) is 7.61. The maximum atomic E-state index is 6.41. The molecule has 1 aliphatic carbocycles. The third kappa shape index (κ3) is 3.59. The van der Waals surface area contributed by atoms with Gasteiger partial charge in [-0.1, -0.05) is 27.2 Å². The Morgan fingerprint density at radius 3 is 2.74 bits per heavy atom. The van der Waals surface area contributed by atoms with Crippen LogP contribution >= 0.6 is 0 Å². The molecule has 0 amide bonds. The molecule has 1 fully saturated rings. The predicted molar refractivity (Wildman–Crippen MR) is 79.8 cm³/mol. The molecule has 0 bridgehead atoms. The lowest BCUT2D eigenvalue weighted by Gasteiger charge is -2.43. The van der Waals surface area contributed by atoms with Crippen molar-refractivity contribution in [1.29, 1.82) is 0 Å². The van der Waals surface area contributed by atoms with Crippen molar-refractivity contribution in [1.82, 2.24) is 9.78 Å². The molecule has 2 N–H and O–H groups in total. The Kier molecular flexibility index (Phi) is 4.34. The Labute approximate surface area is 117 Å². The van der Waals surface area contributed by atoms with E-state index in [0.29, 0.717) is 17.4 Å². The molecular formula is C16H29N3. The van der Waals surface area contributed by atoms with E-state index >= 15 is 0 Å². The molecule has 1 heterocycles. The van der Waals surface area contributed by atoms with Gasteiger partial charge in [0.05, 0.1) is 6.20 Å². The lowest BCUT2D eigenvalue weighted by atomic mass is 9.65. The highest BCUT2D eigenvalue weighted by Gasteiger charge is 2.36. The number of nitrogens with two attached hydrogens (primary N) is 1. The summed E-state index contributed by atoms with van der Waals surface area (Å²) < 4.78 is 1.89. The summed E-state index contributed by atoms with van der Waals surface area (Å²) >= 11 is 0. The summed E-state index contributed by atoms with van der Waals surface area (Å²) in [6.45, 7) is 7.12. The molecular weight excluding hydrogens is 234 g/mol. The van der Waals surface area contributed by atoms with E-state index in [1.807, 2.05) is 17.9 Å². The maximum absolute atomic E-state index is 6.41. The van der Waals surface area contributed by atoms with Crippen molar-refractivity contribution in [2.45, 2.75) is 58.9 Å². The Balaban J connectivity index is 1.93. The van der Waals surface area contributed by atoms with Crippen molar-refractivity contribution < 1.29 is 0 Å². The zero-order valence-corrected chi connectivity index (χ0v) is 12.9. The van der Waals surface area contributed by atoms with E-state index in [9.17, 15) is 0 Å². The van der Waals surface area contributed by atoms with E-state index in [1.54, 1.807) is 0 Å². The smallest absolute Gasteiger partial charge is 0.0521 e. The Bertz CT molecular complexity index is 408. The van der Waals surface area contributed by atoms with Gasteiger partial charge in [0, 0.05) is 19.3 Å². The summed E-state index contributed by atoms with van der Waals surface area (Å²) in [5.41, 5.74) is 8.08. The summed E-state index contributed by atoms with van der Waals surface area (Å²) in [7, 11) is 1.98. The largest absolute Gasteiger partial charge is 0.327 e. The second-order valence-electron chi connectivity index (χ2n) is 7.20. The van der Waals surface area contributed by atoms with Crippen molar-refractivity contribution in [2.24, 2.45) is 30.0 Å². The Morgan fingerprint density at radius 1 is 1.42 bits per heavy atom. The summed E-state index contributed by atoms with van der Waals surface area (Å²) in [4.78, 5) is 0. The molecule has 2 rings (SSSR count). The fourth-order valence-electron chi connectivity index (χ4n) is 3.65. The number of aromatic nitrogens is 2. The summed E-state index contributed by atoms with van der Waals surface area (Å²) in [6, 6.07) is 0.382. The van der Waals surface area contributed by atoms with Crippen LogP contribution in [0.4, 0.5) is 0 Å². The van der Waals surface area contributed by atoms with Gasteiger partial charge in [-0.15, -0.1) is 0 Å². The molecule has 19 heavy (non-hydrogen) atoms. The normalized spacial score (nSPS) is 28.6. The van der Waals surface area contributed by atoms with E-state index in [2.05, 4.69) is 32.1 Å². The molecule has 0 aromatic carbocycles. The zero-order chi connectivity index (χ0) is 14.0. The minimum atomic E-state index is 0.329. The molecule has 1 aromatic heterocycles. The highest BCUT2D eigenvalue weighted by Crippen LogP contribution is 2.42. The van der Waals surface area contributed by atoms with Gasteiger partial charge in [-0.25, -0.2) is 0 Å². The van der Waals surface area contributed by atoms with Gasteiger partial charge in [0.25, 0.3) is 0 Å². The topological polar surface area (TPSA) is 43.8 Å². The highest BCUT2D eigenvalue weighted by atomic mass is 15.2. The average molecular weight is 263 g/mol. The van der Waals surface area contributed by atoms with Crippen LogP contribution in [0.2, 0.25) is 0 Å². The van der Waals surface area contributed by atoms with Gasteiger partial charge in [-0.3, -0.25) is 4.68 Å². The molecule has 3 unspecified atom stereocenters. The molecule has 3 nitrogen and oxygen atoms in total. The number of nitrogens with zero attached hydrogens (tertiary/aromatic N) is 2. The molecule has 1 aromatic rings. The fourth-order valence-corrected chi connectivity index (χ4v) is 3.65. The van der Waals surface area contributed by atoms with Gasteiger partial charge in [0.15, 0.2) is 0 Å². The summed E-state index contributed by atoms with van der Waals surface area (Å²) in [6.07, 6.45) is 10.3. The number of hydrogen-bond donors (Lipinski definition) is 1. The molecule has 1 saturated carbocycles. The van der Waals surface area contributed by atoms with Crippen molar-refractivity contribution in [3.63, 3.8) is 0 Å². The summed E-state index contributed by atoms with van der Waals surface area (Å²) in [5, 5.41) is 4.25. The standard InChI is InChI=1S/C16H29N3/c1-12-5-6-14(15(17)9-12)16(2,3)8-7-13-10-18-19(4)11-13/h10-12,14-15H,5-9,17H2,1-4H3. The van der Waals surface area contributed by atoms with Gasteiger partial charge in [-0.2, -0.15) is 5.10 Å². The molecule has 0 aliphatic heterocycles. The van der Waals surface area contributed by atoms with Crippen LogP contribution in [-0.2, 0) is 13.5 Å². The quantitative estimate of drug-likeness (QED) is 0.907. The van der Waals surface area contributed by atoms with Gasteiger partial charge < -0.3 is 5.73 Å². The van der Waals surface area contributed by atoms with Gasteiger partial charge in [-0.05, 0) is 48.5 Å². The molecule has 0 saturated heterocycles. The molecule has 1 aliphatic rings. The molecule has 3 atom stereocenters. The Hall–Kier alpha value is -0.830. The van der Waals surface area contributed by atoms with Crippen LogP contribution in [0.25, 0.3) is 0 Å². The van der Waals surface area contributed by atoms with Crippen LogP contribution < -0.4 is 5.73 Å². The van der Waals surface area contributed by atoms with Gasteiger partial charge in [0.1, 0.15) is 0 Å².